The largest absolute Gasteiger partial charge is 0.491 e. The molecular formula is C23H17ClF3N5O3. The molecule has 4 rings (SSSR count). The SMILES string of the molecule is O=C(Oc1ccccc1NCc1ccc(Nc2nn(-c3ccc(Cl)cc3)c(=O)[nH]2)cc1)C(F)(F)F. The summed E-state index contributed by atoms with van der Waals surface area (Å²) in [5.41, 5.74) is 1.79. The monoisotopic (exact) mass is 503 g/mol. The van der Waals surface area contributed by atoms with E-state index in [0.717, 1.165) is 5.56 Å². The van der Waals surface area contributed by atoms with E-state index in [0.29, 0.717) is 16.4 Å². The van der Waals surface area contributed by atoms with Crippen LogP contribution < -0.4 is 21.1 Å². The molecule has 12 heteroatoms. The molecule has 0 saturated heterocycles. The third kappa shape index (κ3) is 6.01. The van der Waals surface area contributed by atoms with Crippen LogP contribution in [0.3, 0.4) is 0 Å². The summed E-state index contributed by atoms with van der Waals surface area (Å²) in [4.78, 5) is 26.0. The Hall–Kier alpha value is -4.25. The highest BCUT2D eigenvalue weighted by molar-refractivity contribution is 6.30. The molecule has 4 aromatic rings. The van der Waals surface area contributed by atoms with Crippen LogP contribution in [-0.4, -0.2) is 26.9 Å². The van der Waals surface area contributed by atoms with Gasteiger partial charge < -0.3 is 15.4 Å². The molecule has 3 N–H and O–H groups in total. The highest BCUT2D eigenvalue weighted by Crippen LogP contribution is 2.27. The molecule has 0 atom stereocenters. The predicted octanol–water partition coefficient (Wildman–Crippen LogP) is 5.04. The molecule has 0 bridgehead atoms. The van der Waals surface area contributed by atoms with Crippen molar-refractivity contribution in [2.45, 2.75) is 12.7 Å². The van der Waals surface area contributed by atoms with Gasteiger partial charge in [-0.1, -0.05) is 35.9 Å². The Morgan fingerprint density at radius 2 is 1.71 bits per heavy atom. The number of hydrogen-bond acceptors (Lipinski definition) is 6. The number of nitrogens with zero attached hydrogens (tertiary/aromatic N) is 2. The fourth-order valence-corrected chi connectivity index (χ4v) is 3.16. The number of benzene rings is 3. The summed E-state index contributed by atoms with van der Waals surface area (Å²) < 4.78 is 43.2. The topological polar surface area (TPSA) is 101 Å². The summed E-state index contributed by atoms with van der Waals surface area (Å²) in [7, 11) is 0. The van der Waals surface area contributed by atoms with Crippen LogP contribution in [0, 0.1) is 0 Å². The number of aromatic nitrogens is 3. The summed E-state index contributed by atoms with van der Waals surface area (Å²) in [6, 6.07) is 19.5. The van der Waals surface area contributed by atoms with Crippen LogP contribution in [0.2, 0.25) is 5.02 Å². The number of ether oxygens (including phenoxy) is 1. The maximum Gasteiger partial charge on any atom is 0.491 e. The van der Waals surface area contributed by atoms with Crippen molar-refractivity contribution in [1.29, 1.82) is 0 Å². The van der Waals surface area contributed by atoms with E-state index in [1.54, 1.807) is 54.6 Å². The number of hydrogen-bond donors (Lipinski definition) is 3. The first kappa shape index (κ1) is 23.9. The number of rotatable bonds is 7. The third-order valence-electron chi connectivity index (χ3n) is 4.71. The molecule has 8 nitrogen and oxygen atoms in total. The molecule has 180 valence electrons. The molecule has 0 aliphatic heterocycles. The van der Waals surface area contributed by atoms with E-state index < -0.39 is 17.8 Å². The first-order chi connectivity index (χ1) is 16.7. The quantitative estimate of drug-likeness (QED) is 0.241. The molecule has 0 aliphatic carbocycles. The Kier molecular flexibility index (Phi) is 6.78. The molecule has 0 amide bonds. The fourth-order valence-electron chi connectivity index (χ4n) is 3.04. The van der Waals surface area contributed by atoms with Gasteiger partial charge in [-0.15, -0.1) is 5.10 Å². The summed E-state index contributed by atoms with van der Waals surface area (Å²) in [6.07, 6.45) is -5.09. The zero-order chi connectivity index (χ0) is 25.0. The molecule has 0 saturated carbocycles. The molecule has 0 fully saturated rings. The van der Waals surface area contributed by atoms with Crippen LogP contribution in [0.1, 0.15) is 5.56 Å². The number of H-pyrrole nitrogens is 1. The number of anilines is 3. The number of esters is 1. The van der Waals surface area contributed by atoms with E-state index >= 15 is 0 Å². The third-order valence-corrected chi connectivity index (χ3v) is 4.96. The van der Waals surface area contributed by atoms with Gasteiger partial charge in [-0.2, -0.15) is 17.9 Å². The Morgan fingerprint density at radius 1 is 1.03 bits per heavy atom. The van der Waals surface area contributed by atoms with Gasteiger partial charge >= 0.3 is 17.8 Å². The molecule has 0 aliphatic rings. The van der Waals surface area contributed by atoms with Gasteiger partial charge in [-0.05, 0) is 54.1 Å². The van der Waals surface area contributed by atoms with Crippen LogP contribution in [0.15, 0.2) is 77.6 Å². The standard InChI is InChI=1S/C23H17ClF3N5O3/c24-15-7-11-17(12-8-15)32-22(34)30-21(31-32)29-16-9-5-14(6-10-16)13-28-18-3-1-2-4-19(18)35-20(33)23(25,26)27/h1-12,28H,13H2,(H2,29,30,31,34). The van der Waals surface area contributed by atoms with Crippen LogP contribution in [0.4, 0.5) is 30.5 Å². The van der Waals surface area contributed by atoms with Gasteiger partial charge in [0.1, 0.15) is 0 Å². The van der Waals surface area contributed by atoms with Crippen LogP contribution in [0.5, 0.6) is 5.75 Å². The van der Waals surface area contributed by atoms with Crippen molar-refractivity contribution in [3.8, 4) is 11.4 Å². The minimum absolute atomic E-state index is 0.228. The van der Waals surface area contributed by atoms with Crippen LogP contribution in [0.25, 0.3) is 5.69 Å². The summed E-state index contributed by atoms with van der Waals surface area (Å²) >= 11 is 5.87. The number of alkyl halides is 3. The second-order valence-electron chi connectivity index (χ2n) is 7.23. The van der Waals surface area contributed by atoms with Crippen molar-refractivity contribution >= 4 is 34.9 Å². The lowest BCUT2D eigenvalue weighted by atomic mass is 10.2. The average molecular weight is 504 g/mol. The average Bonchev–Trinajstić information content (AvgIpc) is 3.19. The molecule has 1 aromatic heterocycles. The van der Waals surface area contributed by atoms with Gasteiger partial charge in [-0.3, -0.25) is 4.98 Å². The lowest BCUT2D eigenvalue weighted by molar-refractivity contribution is -0.189. The van der Waals surface area contributed by atoms with E-state index in [4.69, 9.17) is 11.6 Å². The summed E-state index contributed by atoms with van der Waals surface area (Å²) in [6.45, 7) is 0.253. The minimum atomic E-state index is -5.09. The first-order valence-corrected chi connectivity index (χ1v) is 10.5. The van der Waals surface area contributed by atoms with Gasteiger partial charge in [0.25, 0.3) is 0 Å². The van der Waals surface area contributed by atoms with Gasteiger partial charge in [0, 0.05) is 17.3 Å². The first-order valence-electron chi connectivity index (χ1n) is 10.1. The predicted molar refractivity (Wildman–Crippen MR) is 124 cm³/mol. The number of nitrogens with one attached hydrogen (secondary N) is 3. The Labute approximate surface area is 201 Å². The fraction of sp³-hybridized carbons (Fsp3) is 0.0870. The molecular weight excluding hydrogens is 487 g/mol. The number of halogens is 4. The second kappa shape index (κ2) is 9.94. The van der Waals surface area contributed by atoms with Crippen molar-refractivity contribution in [1.82, 2.24) is 14.8 Å². The second-order valence-corrected chi connectivity index (χ2v) is 7.66. The van der Waals surface area contributed by atoms with E-state index in [9.17, 15) is 22.8 Å². The zero-order valence-electron chi connectivity index (χ0n) is 17.8. The molecule has 1 heterocycles. The van der Waals surface area contributed by atoms with Crippen molar-refractivity contribution in [3.05, 3.63) is 93.9 Å². The minimum Gasteiger partial charge on any atom is -0.418 e. The number of carbonyl (C=O) groups is 1. The van der Waals surface area contributed by atoms with E-state index in [1.165, 1.54) is 22.9 Å². The van der Waals surface area contributed by atoms with Gasteiger partial charge in [0.2, 0.25) is 5.95 Å². The highest BCUT2D eigenvalue weighted by atomic mass is 35.5. The smallest absolute Gasteiger partial charge is 0.418 e. The van der Waals surface area contributed by atoms with Gasteiger partial charge in [0.15, 0.2) is 5.75 Å². The molecule has 3 aromatic carbocycles. The summed E-state index contributed by atoms with van der Waals surface area (Å²) in [5.74, 6) is -2.29. The summed E-state index contributed by atoms with van der Waals surface area (Å²) in [5, 5.41) is 10.7. The molecule has 35 heavy (non-hydrogen) atoms. The highest BCUT2D eigenvalue weighted by Gasteiger charge is 2.41. The van der Waals surface area contributed by atoms with Crippen molar-refractivity contribution < 1.29 is 22.7 Å². The van der Waals surface area contributed by atoms with E-state index in [2.05, 4.69) is 25.5 Å². The van der Waals surface area contributed by atoms with Crippen LogP contribution in [-0.2, 0) is 11.3 Å². The van der Waals surface area contributed by atoms with E-state index in [1.807, 2.05) is 0 Å². The number of aromatic amines is 1. The number of carbonyl (C=O) groups excluding carboxylic acids is 1. The van der Waals surface area contributed by atoms with Crippen molar-refractivity contribution in [2.24, 2.45) is 0 Å². The van der Waals surface area contributed by atoms with Crippen LogP contribution >= 0.6 is 11.6 Å². The maximum atomic E-state index is 12.5. The maximum absolute atomic E-state index is 12.5. The zero-order valence-corrected chi connectivity index (χ0v) is 18.5. The Bertz CT molecular complexity index is 1380. The molecule has 0 unspecified atom stereocenters. The van der Waals surface area contributed by atoms with Gasteiger partial charge in [-0.25, -0.2) is 9.59 Å². The van der Waals surface area contributed by atoms with Crippen molar-refractivity contribution in [3.63, 3.8) is 0 Å². The molecule has 0 radical (unpaired) electrons. The normalized spacial score (nSPS) is 11.2. The van der Waals surface area contributed by atoms with Gasteiger partial charge in [0.05, 0.1) is 11.4 Å². The molecule has 0 spiro atoms. The lowest BCUT2D eigenvalue weighted by Gasteiger charge is -2.13. The lowest BCUT2D eigenvalue weighted by Crippen LogP contribution is -2.28. The Balaban J connectivity index is 1.39. The Morgan fingerprint density at radius 3 is 2.40 bits per heavy atom. The van der Waals surface area contributed by atoms with E-state index in [-0.39, 0.29) is 23.9 Å². The van der Waals surface area contributed by atoms with Crippen molar-refractivity contribution in [2.75, 3.05) is 10.6 Å². The number of para-hydroxylation sites is 2.